The lowest BCUT2D eigenvalue weighted by molar-refractivity contribution is 0.0751. The minimum Gasteiger partial charge on any atom is -0.352 e. The zero-order chi connectivity index (χ0) is 17.5. The second-order valence-corrected chi connectivity index (χ2v) is 8.10. The number of benzene rings is 1. The van der Waals surface area contributed by atoms with E-state index in [1.54, 1.807) is 11.3 Å². The van der Waals surface area contributed by atoms with Crippen molar-refractivity contribution in [3.05, 3.63) is 53.0 Å². The lowest BCUT2D eigenvalue weighted by Gasteiger charge is -2.35. The molecule has 132 valence electrons. The lowest BCUT2D eigenvalue weighted by atomic mass is 10.2. The summed E-state index contributed by atoms with van der Waals surface area (Å²) >= 11 is 1.58. The highest BCUT2D eigenvalue weighted by atomic mass is 32.1. The van der Waals surface area contributed by atoms with Crippen molar-refractivity contribution in [2.75, 3.05) is 31.1 Å². The van der Waals surface area contributed by atoms with Crippen molar-refractivity contribution in [2.24, 2.45) is 0 Å². The fourth-order valence-electron chi connectivity index (χ4n) is 3.48. The molecule has 26 heavy (non-hydrogen) atoms. The van der Waals surface area contributed by atoms with Crippen LogP contribution in [0.5, 0.6) is 0 Å². The Morgan fingerprint density at radius 3 is 2.50 bits per heavy atom. The smallest absolute Gasteiger partial charge is 0.264 e. The first kappa shape index (κ1) is 15.8. The molecular weight excluding hydrogens is 344 g/mol. The predicted molar refractivity (Wildman–Crippen MR) is 104 cm³/mol. The number of nitrogens with zero attached hydrogens (tertiary/aromatic N) is 4. The molecule has 1 saturated carbocycles. The van der Waals surface area contributed by atoms with Gasteiger partial charge in [0.2, 0.25) is 0 Å². The molecule has 0 atom stereocenters. The van der Waals surface area contributed by atoms with Crippen LogP contribution in [0.1, 0.15) is 34.1 Å². The topological polar surface area (TPSA) is 49.3 Å². The molecule has 2 fully saturated rings. The summed E-state index contributed by atoms with van der Waals surface area (Å²) in [6.45, 7) is 3.04. The van der Waals surface area contributed by atoms with Crippen LogP contribution in [-0.2, 0) is 0 Å². The largest absolute Gasteiger partial charge is 0.352 e. The molecule has 1 aliphatic heterocycles. The van der Waals surface area contributed by atoms with E-state index in [1.165, 1.54) is 17.5 Å². The molecule has 0 unspecified atom stereocenters. The number of anilines is 1. The van der Waals surface area contributed by atoms with E-state index in [4.69, 9.17) is 0 Å². The number of hydrogen-bond donors (Lipinski definition) is 0. The molecule has 2 aliphatic rings. The Bertz CT molecular complexity index is 907. The molecular formula is C20H20N4OS. The van der Waals surface area contributed by atoms with E-state index in [0.717, 1.165) is 48.0 Å². The standard InChI is InChI=1S/C20H20N4OS/c25-20(18-13-15-3-1-2-4-17(15)26-18)24-11-9-23(10-12-24)19-8-7-16(21-22-19)14-5-6-14/h1-4,7-8,13-14H,5-6,9-12H2. The molecule has 3 aromatic rings. The minimum absolute atomic E-state index is 0.140. The number of carbonyl (C=O) groups is 1. The van der Waals surface area contributed by atoms with Crippen LogP contribution in [0.25, 0.3) is 10.1 Å². The fraction of sp³-hybridized carbons (Fsp3) is 0.350. The van der Waals surface area contributed by atoms with Gasteiger partial charge in [0.05, 0.1) is 10.6 Å². The number of hydrogen-bond acceptors (Lipinski definition) is 5. The Balaban J connectivity index is 1.25. The van der Waals surface area contributed by atoms with E-state index in [0.29, 0.717) is 5.92 Å². The zero-order valence-electron chi connectivity index (χ0n) is 14.5. The van der Waals surface area contributed by atoms with Gasteiger partial charge in [-0.15, -0.1) is 16.4 Å². The third-order valence-electron chi connectivity index (χ3n) is 5.19. The number of fused-ring (bicyclic) bond motifs is 1. The molecule has 1 aromatic carbocycles. The van der Waals surface area contributed by atoms with Gasteiger partial charge in [0.1, 0.15) is 0 Å². The van der Waals surface area contributed by atoms with Crippen LogP contribution in [0.2, 0.25) is 0 Å². The van der Waals surface area contributed by atoms with Crippen molar-refractivity contribution in [3.8, 4) is 0 Å². The molecule has 5 rings (SSSR count). The summed E-state index contributed by atoms with van der Waals surface area (Å²) in [6, 6.07) is 14.3. The van der Waals surface area contributed by atoms with Crippen LogP contribution in [0.4, 0.5) is 5.82 Å². The van der Waals surface area contributed by atoms with E-state index < -0.39 is 0 Å². The van der Waals surface area contributed by atoms with Gasteiger partial charge >= 0.3 is 0 Å². The van der Waals surface area contributed by atoms with Crippen LogP contribution in [0.15, 0.2) is 42.5 Å². The average molecular weight is 364 g/mol. The summed E-state index contributed by atoms with van der Waals surface area (Å²) in [5.41, 5.74) is 1.12. The Kier molecular flexibility index (Phi) is 3.85. The maximum Gasteiger partial charge on any atom is 0.264 e. The molecule has 1 aliphatic carbocycles. The van der Waals surface area contributed by atoms with Gasteiger partial charge in [-0.2, -0.15) is 5.10 Å². The Morgan fingerprint density at radius 2 is 1.81 bits per heavy atom. The molecule has 3 heterocycles. The Labute approximate surface area is 156 Å². The summed E-state index contributed by atoms with van der Waals surface area (Å²) in [4.78, 5) is 17.8. The monoisotopic (exact) mass is 364 g/mol. The number of rotatable bonds is 3. The summed E-state index contributed by atoms with van der Waals surface area (Å²) < 4.78 is 1.17. The first-order valence-corrected chi connectivity index (χ1v) is 9.96. The molecule has 0 N–H and O–H groups in total. The van der Waals surface area contributed by atoms with Crippen molar-refractivity contribution >= 4 is 33.1 Å². The number of carbonyl (C=O) groups excluding carboxylic acids is 1. The van der Waals surface area contributed by atoms with Gasteiger partial charge in [-0.1, -0.05) is 18.2 Å². The minimum atomic E-state index is 0.140. The van der Waals surface area contributed by atoms with E-state index in [9.17, 15) is 4.79 Å². The SMILES string of the molecule is O=C(c1cc2ccccc2s1)N1CCN(c2ccc(C3CC3)nn2)CC1. The lowest BCUT2D eigenvalue weighted by Crippen LogP contribution is -2.49. The third kappa shape index (κ3) is 2.94. The summed E-state index contributed by atoms with van der Waals surface area (Å²) in [5, 5.41) is 9.91. The van der Waals surface area contributed by atoms with Crippen LogP contribution < -0.4 is 4.90 Å². The van der Waals surface area contributed by atoms with Crippen LogP contribution >= 0.6 is 11.3 Å². The van der Waals surface area contributed by atoms with Crippen molar-refractivity contribution in [1.29, 1.82) is 0 Å². The first-order chi connectivity index (χ1) is 12.8. The van der Waals surface area contributed by atoms with Gasteiger partial charge < -0.3 is 9.80 Å². The molecule has 1 amide bonds. The Morgan fingerprint density at radius 1 is 1.00 bits per heavy atom. The molecule has 6 heteroatoms. The molecule has 1 saturated heterocycles. The maximum absolute atomic E-state index is 12.8. The second kappa shape index (κ2) is 6.36. The summed E-state index contributed by atoms with van der Waals surface area (Å²) in [5.74, 6) is 1.69. The third-order valence-corrected chi connectivity index (χ3v) is 6.30. The van der Waals surface area contributed by atoms with Gasteiger partial charge in [-0.25, -0.2) is 0 Å². The number of piperazine rings is 1. The maximum atomic E-state index is 12.8. The first-order valence-electron chi connectivity index (χ1n) is 9.14. The van der Waals surface area contributed by atoms with E-state index in [-0.39, 0.29) is 5.91 Å². The number of thiophene rings is 1. The van der Waals surface area contributed by atoms with Crippen LogP contribution in [-0.4, -0.2) is 47.2 Å². The molecule has 5 nitrogen and oxygen atoms in total. The highest BCUT2D eigenvalue weighted by molar-refractivity contribution is 7.20. The van der Waals surface area contributed by atoms with Crippen molar-refractivity contribution < 1.29 is 4.79 Å². The average Bonchev–Trinajstić information content (AvgIpc) is 3.46. The van der Waals surface area contributed by atoms with Crippen molar-refractivity contribution in [1.82, 2.24) is 15.1 Å². The second-order valence-electron chi connectivity index (χ2n) is 7.02. The van der Waals surface area contributed by atoms with Crippen molar-refractivity contribution in [3.63, 3.8) is 0 Å². The highest BCUT2D eigenvalue weighted by Crippen LogP contribution is 2.38. The quantitative estimate of drug-likeness (QED) is 0.713. The molecule has 0 radical (unpaired) electrons. The highest BCUT2D eigenvalue weighted by Gasteiger charge is 2.27. The zero-order valence-corrected chi connectivity index (χ0v) is 15.3. The van der Waals surface area contributed by atoms with Crippen LogP contribution in [0, 0.1) is 0 Å². The van der Waals surface area contributed by atoms with Crippen LogP contribution in [0.3, 0.4) is 0 Å². The van der Waals surface area contributed by atoms with Gasteiger partial charge in [0.25, 0.3) is 5.91 Å². The predicted octanol–water partition coefficient (Wildman–Crippen LogP) is 3.53. The van der Waals surface area contributed by atoms with E-state index >= 15 is 0 Å². The van der Waals surface area contributed by atoms with Crippen molar-refractivity contribution in [2.45, 2.75) is 18.8 Å². The Hall–Kier alpha value is -2.47. The fourth-order valence-corrected chi connectivity index (χ4v) is 4.51. The molecule has 0 bridgehead atoms. The number of amides is 1. The van der Waals surface area contributed by atoms with E-state index in [1.807, 2.05) is 23.1 Å². The van der Waals surface area contributed by atoms with Gasteiger partial charge in [0, 0.05) is 36.8 Å². The summed E-state index contributed by atoms with van der Waals surface area (Å²) in [7, 11) is 0. The normalized spacial score (nSPS) is 17.7. The van der Waals surface area contributed by atoms with Gasteiger partial charge in [-0.05, 0) is 42.5 Å². The number of aromatic nitrogens is 2. The van der Waals surface area contributed by atoms with E-state index in [2.05, 4.69) is 39.4 Å². The molecule has 2 aromatic heterocycles. The van der Waals surface area contributed by atoms with Gasteiger partial charge in [0.15, 0.2) is 5.82 Å². The molecule has 0 spiro atoms. The van der Waals surface area contributed by atoms with Gasteiger partial charge in [-0.3, -0.25) is 4.79 Å². The summed E-state index contributed by atoms with van der Waals surface area (Å²) in [6.07, 6.45) is 2.49.